The van der Waals surface area contributed by atoms with Gasteiger partial charge in [0, 0.05) is 10.4 Å². The molecule has 2 rings (SSSR count). The molecule has 1 aromatic carbocycles. The molecule has 1 aliphatic carbocycles. The van der Waals surface area contributed by atoms with Crippen molar-refractivity contribution < 1.29 is 15.0 Å². The van der Waals surface area contributed by atoms with Gasteiger partial charge >= 0.3 is 5.97 Å². The number of rotatable bonds is 3. The molecule has 3 nitrogen and oxygen atoms in total. The van der Waals surface area contributed by atoms with Crippen LogP contribution < -0.4 is 0 Å². The van der Waals surface area contributed by atoms with Gasteiger partial charge in [-0.2, -0.15) is 0 Å². The van der Waals surface area contributed by atoms with Crippen molar-refractivity contribution in [2.75, 3.05) is 0 Å². The summed E-state index contributed by atoms with van der Waals surface area (Å²) in [5.41, 5.74) is -0.0851. The average molecular weight is 313 g/mol. The van der Waals surface area contributed by atoms with Crippen LogP contribution in [0, 0.1) is 0 Å². The minimum Gasteiger partial charge on any atom is -0.481 e. The quantitative estimate of drug-likeness (QED) is 0.900. The van der Waals surface area contributed by atoms with Crippen LogP contribution in [0.15, 0.2) is 28.7 Å². The van der Waals surface area contributed by atoms with Crippen LogP contribution in [-0.4, -0.2) is 21.8 Å². The summed E-state index contributed by atoms with van der Waals surface area (Å²) in [6.45, 7) is 0. The maximum atomic E-state index is 10.9. The van der Waals surface area contributed by atoms with Crippen molar-refractivity contribution in [1.29, 1.82) is 0 Å². The van der Waals surface area contributed by atoms with E-state index in [9.17, 15) is 9.90 Å². The normalized spacial score (nSPS) is 28.0. The summed E-state index contributed by atoms with van der Waals surface area (Å²) in [6, 6.07) is 7.80. The summed E-state index contributed by atoms with van der Waals surface area (Å²) in [7, 11) is 0. The molecule has 1 aromatic rings. The summed E-state index contributed by atoms with van der Waals surface area (Å²) in [6.07, 6.45) is 3.17. The number of aliphatic hydroxyl groups is 1. The van der Waals surface area contributed by atoms with E-state index in [0.29, 0.717) is 6.42 Å². The Balaban J connectivity index is 2.30. The Labute approximate surface area is 115 Å². The first-order valence-electron chi connectivity index (χ1n) is 6.21. The smallest absolute Gasteiger partial charge is 0.306 e. The number of carboxylic acid groups (broad SMARTS) is 1. The summed E-state index contributed by atoms with van der Waals surface area (Å²) < 4.78 is 0.961. The van der Waals surface area contributed by atoms with Crippen molar-refractivity contribution in [3.05, 3.63) is 34.3 Å². The summed E-state index contributed by atoms with van der Waals surface area (Å²) >= 11 is 3.42. The number of carboxylic acids is 1. The van der Waals surface area contributed by atoms with Crippen molar-refractivity contribution in [2.24, 2.45) is 0 Å². The molecule has 0 aromatic heterocycles. The van der Waals surface area contributed by atoms with Crippen LogP contribution in [-0.2, 0) is 4.79 Å². The fourth-order valence-corrected chi connectivity index (χ4v) is 3.31. The third kappa shape index (κ3) is 2.93. The molecule has 2 atom stereocenters. The number of hydrogen-bond acceptors (Lipinski definition) is 2. The third-order valence-electron chi connectivity index (χ3n) is 3.71. The van der Waals surface area contributed by atoms with Crippen LogP contribution in [0.1, 0.15) is 43.6 Å². The Morgan fingerprint density at radius 3 is 2.89 bits per heavy atom. The Morgan fingerprint density at radius 2 is 2.22 bits per heavy atom. The number of carbonyl (C=O) groups is 1. The highest BCUT2D eigenvalue weighted by molar-refractivity contribution is 9.10. The lowest BCUT2D eigenvalue weighted by Gasteiger charge is -2.39. The zero-order valence-electron chi connectivity index (χ0n) is 10.1. The molecular weight excluding hydrogens is 296 g/mol. The largest absolute Gasteiger partial charge is 0.481 e. The molecule has 0 bridgehead atoms. The van der Waals surface area contributed by atoms with Gasteiger partial charge in [-0.05, 0) is 30.5 Å². The van der Waals surface area contributed by atoms with Gasteiger partial charge in [0.1, 0.15) is 0 Å². The predicted octanol–water partition coefficient (Wildman–Crippen LogP) is 3.31. The Kier molecular flexibility index (Phi) is 4.07. The van der Waals surface area contributed by atoms with Gasteiger partial charge < -0.3 is 10.2 Å². The van der Waals surface area contributed by atoms with E-state index >= 15 is 0 Å². The first kappa shape index (κ1) is 13.6. The lowest BCUT2D eigenvalue weighted by atomic mass is 9.70. The van der Waals surface area contributed by atoms with Gasteiger partial charge in [-0.15, -0.1) is 0 Å². The molecular formula is C14H17BrO3. The van der Waals surface area contributed by atoms with Gasteiger partial charge in [-0.3, -0.25) is 4.79 Å². The SMILES string of the molecule is O=C(O)CC1(O)CCCCC1c1cccc(Br)c1. The van der Waals surface area contributed by atoms with Gasteiger partial charge in [0.25, 0.3) is 0 Å². The highest BCUT2D eigenvalue weighted by Crippen LogP contribution is 2.43. The van der Waals surface area contributed by atoms with E-state index in [2.05, 4.69) is 15.9 Å². The van der Waals surface area contributed by atoms with Crippen LogP contribution in [0.25, 0.3) is 0 Å². The van der Waals surface area contributed by atoms with Crippen LogP contribution in [0.3, 0.4) is 0 Å². The zero-order chi connectivity index (χ0) is 13.2. The first-order chi connectivity index (χ1) is 8.51. The second-order valence-corrected chi connectivity index (χ2v) is 5.94. The fourth-order valence-electron chi connectivity index (χ4n) is 2.90. The van der Waals surface area contributed by atoms with Gasteiger partial charge in [0.05, 0.1) is 12.0 Å². The molecule has 4 heteroatoms. The molecule has 1 fully saturated rings. The number of hydrogen-bond donors (Lipinski definition) is 2. The molecule has 0 saturated heterocycles. The molecule has 0 radical (unpaired) electrons. The minimum absolute atomic E-state index is 0.0835. The standard InChI is InChI=1S/C14H17BrO3/c15-11-5-3-4-10(8-11)12-6-1-2-7-14(12,18)9-13(16)17/h3-5,8,12,18H,1-2,6-7,9H2,(H,16,17). The highest BCUT2D eigenvalue weighted by atomic mass is 79.9. The van der Waals surface area contributed by atoms with E-state index in [1.165, 1.54) is 0 Å². The molecule has 1 saturated carbocycles. The molecule has 98 valence electrons. The van der Waals surface area contributed by atoms with E-state index in [1.807, 2.05) is 24.3 Å². The average Bonchev–Trinajstić information content (AvgIpc) is 2.27. The van der Waals surface area contributed by atoms with E-state index in [1.54, 1.807) is 0 Å². The Morgan fingerprint density at radius 1 is 1.44 bits per heavy atom. The van der Waals surface area contributed by atoms with Crippen molar-refractivity contribution in [1.82, 2.24) is 0 Å². The number of benzene rings is 1. The molecule has 1 aliphatic rings. The zero-order valence-corrected chi connectivity index (χ0v) is 11.7. The topological polar surface area (TPSA) is 57.5 Å². The molecule has 2 N–H and O–H groups in total. The predicted molar refractivity (Wildman–Crippen MR) is 72.6 cm³/mol. The molecule has 0 aliphatic heterocycles. The van der Waals surface area contributed by atoms with Crippen molar-refractivity contribution in [3.63, 3.8) is 0 Å². The molecule has 0 amide bonds. The second-order valence-electron chi connectivity index (χ2n) is 5.03. The van der Waals surface area contributed by atoms with Crippen LogP contribution in [0.5, 0.6) is 0 Å². The van der Waals surface area contributed by atoms with Gasteiger partial charge in [0.15, 0.2) is 0 Å². The molecule has 18 heavy (non-hydrogen) atoms. The van der Waals surface area contributed by atoms with Gasteiger partial charge in [-0.25, -0.2) is 0 Å². The maximum Gasteiger partial charge on any atom is 0.306 e. The van der Waals surface area contributed by atoms with Crippen molar-refractivity contribution in [3.8, 4) is 0 Å². The first-order valence-corrected chi connectivity index (χ1v) is 7.00. The summed E-state index contributed by atoms with van der Waals surface area (Å²) in [5, 5.41) is 19.6. The Bertz CT molecular complexity index is 446. The highest BCUT2D eigenvalue weighted by Gasteiger charge is 2.41. The number of halogens is 1. The van der Waals surface area contributed by atoms with E-state index in [0.717, 1.165) is 29.3 Å². The number of aliphatic carboxylic acids is 1. The van der Waals surface area contributed by atoms with Crippen molar-refractivity contribution >= 4 is 21.9 Å². The van der Waals surface area contributed by atoms with Crippen LogP contribution in [0.2, 0.25) is 0 Å². The Hall–Kier alpha value is -0.870. The molecule has 2 unspecified atom stereocenters. The van der Waals surface area contributed by atoms with E-state index < -0.39 is 11.6 Å². The lowest BCUT2D eigenvalue weighted by Crippen LogP contribution is -2.41. The van der Waals surface area contributed by atoms with E-state index in [4.69, 9.17) is 5.11 Å². The van der Waals surface area contributed by atoms with Gasteiger partial charge in [0.2, 0.25) is 0 Å². The van der Waals surface area contributed by atoms with Crippen molar-refractivity contribution in [2.45, 2.75) is 43.6 Å². The second kappa shape index (κ2) is 5.41. The van der Waals surface area contributed by atoms with Gasteiger partial charge in [-0.1, -0.05) is 40.9 Å². The monoisotopic (exact) mass is 312 g/mol. The third-order valence-corrected chi connectivity index (χ3v) is 4.20. The fraction of sp³-hybridized carbons (Fsp3) is 0.500. The van der Waals surface area contributed by atoms with Crippen LogP contribution >= 0.6 is 15.9 Å². The minimum atomic E-state index is -1.11. The molecule has 0 heterocycles. The molecule has 0 spiro atoms. The lowest BCUT2D eigenvalue weighted by molar-refractivity contribution is -0.145. The maximum absolute atomic E-state index is 10.9. The van der Waals surface area contributed by atoms with E-state index in [-0.39, 0.29) is 12.3 Å². The summed E-state index contributed by atoms with van der Waals surface area (Å²) in [5.74, 6) is -1.01. The summed E-state index contributed by atoms with van der Waals surface area (Å²) in [4.78, 5) is 10.9. The van der Waals surface area contributed by atoms with Crippen LogP contribution in [0.4, 0.5) is 0 Å².